The number of carbonyl (C=O) groups is 1. The quantitative estimate of drug-likeness (QED) is 0.477. The van der Waals surface area contributed by atoms with Gasteiger partial charge < -0.3 is 9.72 Å². The van der Waals surface area contributed by atoms with E-state index in [1.807, 2.05) is 12.1 Å². The molecule has 0 amide bonds. The molecule has 0 saturated carbocycles. The van der Waals surface area contributed by atoms with Gasteiger partial charge in [0.25, 0.3) is 5.56 Å². The van der Waals surface area contributed by atoms with Crippen molar-refractivity contribution in [2.45, 2.75) is 26.0 Å². The minimum absolute atomic E-state index is 0.0499. The molecule has 1 unspecified atom stereocenters. The number of pyridine rings is 1. The summed E-state index contributed by atoms with van der Waals surface area (Å²) in [5.74, 6) is 0.0839. The Labute approximate surface area is 167 Å². The number of nitrogens with one attached hydrogen (secondary N) is 1. The number of halogens is 1. The molecule has 1 N–H and O–H groups in total. The lowest BCUT2D eigenvalue weighted by Gasteiger charge is -2.11. The molecule has 0 radical (unpaired) electrons. The van der Waals surface area contributed by atoms with E-state index in [4.69, 9.17) is 4.74 Å². The van der Waals surface area contributed by atoms with Crippen LogP contribution in [-0.2, 0) is 16.1 Å². The second-order valence-corrected chi connectivity index (χ2v) is 7.20. The van der Waals surface area contributed by atoms with Crippen LogP contribution in [0.15, 0.2) is 52.1 Å². The van der Waals surface area contributed by atoms with Crippen LogP contribution in [0.1, 0.15) is 25.3 Å². The smallest absolute Gasteiger partial charge is 0.308 e. The predicted octanol–water partition coefficient (Wildman–Crippen LogP) is 3.12. The van der Waals surface area contributed by atoms with Gasteiger partial charge in [0.2, 0.25) is 0 Å². The Balaban J connectivity index is 1.42. The first-order valence-electron chi connectivity index (χ1n) is 8.66. The number of nitrogens with zero attached hydrogens (tertiary/aromatic N) is 4. The number of hydrogen-bond acceptors (Lipinski definition) is 6. The minimum Gasteiger partial charge on any atom is -0.454 e. The van der Waals surface area contributed by atoms with Gasteiger partial charge in [-0.15, -0.1) is 0 Å². The molecular formula is C19H16BrN5O3. The third kappa shape index (κ3) is 3.65. The van der Waals surface area contributed by atoms with Crippen molar-refractivity contribution in [1.82, 2.24) is 24.5 Å². The number of carbonyl (C=O) groups excluding carboxylic acids is 1. The summed E-state index contributed by atoms with van der Waals surface area (Å²) < 4.78 is 7.68. The highest BCUT2D eigenvalue weighted by Crippen LogP contribution is 2.20. The molecule has 0 fully saturated rings. The largest absolute Gasteiger partial charge is 0.454 e. The fourth-order valence-electron chi connectivity index (χ4n) is 2.87. The van der Waals surface area contributed by atoms with Gasteiger partial charge in [-0.3, -0.25) is 14.2 Å². The van der Waals surface area contributed by atoms with Crippen LogP contribution >= 0.6 is 15.9 Å². The molecule has 1 aromatic carbocycles. The van der Waals surface area contributed by atoms with Crippen molar-refractivity contribution in [3.05, 3.63) is 63.5 Å². The average molecular weight is 442 g/mol. The average Bonchev–Trinajstić information content (AvgIpc) is 3.11. The maximum absolute atomic E-state index is 12.5. The Hall–Kier alpha value is -3.07. The highest BCUT2D eigenvalue weighted by Gasteiger charge is 2.16. The number of imidazole rings is 1. The van der Waals surface area contributed by atoms with Crippen LogP contribution in [0, 0.1) is 0 Å². The summed E-state index contributed by atoms with van der Waals surface area (Å²) in [6.45, 7) is 1.92. The fourth-order valence-corrected chi connectivity index (χ4v) is 3.21. The predicted molar refractivity (Wildman–Crippen MR) is 107 cm³/mol. The summed E-state index contributed by atoms with van der Waals surface area (Å²) in [6, 6.07) is 8.95. The number of rotatable bonds is 5. The third-order valence-corrected chi connectivity index (χ3v) is 4.74. The van der Waals surface area contributed by atoms with Crippen molar-refractivity contribution in [3.63, 3.8) is 0 Å². The van der Waals surface area contributed by atoms with Gasteiger partial charge >= 0.3 is 5.97 Å². The van der Waals surface area contributed by atoms with Crippen molar-refractivity contribution < 1.29 is 9.53 Å². The molecule has 0 aliphatic rings. The molecule has 0 aliphatic heterocycles. The molecule has 28 heavy (non-hydrogen) atoms. The Kier molecular flexibility index (Phi) is 4.91. The molecule has 0 saturated heterocycles. The molecule has 4 rings (SSSR count). The number of aryl methyl sites for hydroxylation is 1. The highest BCUT2D eigenvalue weighted by atomic mass is 79.9. The van der Waals surface area contributed by atoms with Crippen molar-refractivity contribution in [1.29, 1.82) is 0 Å². The number of aromatic amines is 1. The van der Waals surface area contributed by atoms with Gasteiger partial charge in [-0.2, -0.15) is 0 Å². The molecule has 3 heterocycles. The number of fused-ring (bicyclic) bond motifs is 2. The number of H-pyrrole nitrogens is 1. The molecule has 1 atom stereocenters. The molecule has 9 heteroatoms. The fraction of sp³-hybridized carbons (Fsp3) is 0.211. The lowest BCUT2D eigenvalue weighted by atomic mass is 10.2. The lowest BCUT2D eigenvalue weighted by Crippen LogP contribution is -2.22. The zero-order valence-electron chi connectivity index (χ0n) is 14.9. The zero-order valence-corrected chi connectivity index (χ0v) is 16.5. The SMILES string of the molecule is CC(OC(=O)CCn1cnc2ccccc2c1=O)c1nc2ncc(Br)cc2[nH]1. The Bertz CT molecular complexity index is 1230. The summed E-state index contributed by atoms with van der Waals surface area (Å²) >= 11 is 3.35. The van der Waals surface area contributed by atoms with E-state index in [2.05, 4.69) is 35.9 Å². The summed E-state index contributed by atoms with van der Waals surface area (Å²) in [5.41, 5.74) is 1.75. The molecule has 142 valence electrons. The van der Waals surface area contributed by atoms with Crippen LogP contribution in [0.25, 0.3) is 22.1 Å². The number of aromatic nitrogens is 5. The van der Waals surface area contributed by atoms with Crippen LogP contribution in [-0.4, -0.2) is 30.5 Å². The third-order valence-electron chi connectivity index (χ3n) is 4.30. The molecule has 0 bridgehead atoms. The topological polar surface area (TPSA) is 103 Å². The van der Waals surface area contributed by atoms with E-state index in [-0.39, 0.29) is 18.5 Å². The van der Waals surface area contributed by atoms with Crippen LogP contribution in [0.3, 0.4) is 0 Å². The number of ether oxygens (including phenoxy) is 1. The van der Waals surface area contributed by atoms with Gasteiger partial charge in [-0.05, 0) is 41.1 Å². The molecule has 0 aliphatic carbocycles. The first-order chi connectivity index (χ1) is 13.5. The second kappa shape index (κ2) is 7.51. The first-order valence-corrected chi connectivity index (χ1v) is 9.45. The van der Waals surface area contributed by atoms with E-state index >= 15 is 0 Å². The van der Waals surface area contributed by atoms with E-state index in [0.717, 1.165) is 9.99 Å². The van der Waals surface area contributed by atoms with Gasteiger partial charge in [0.15, 0.2) is 11.8 Å². The van der Waals surface area contributed by atoms with Gasteiger partial charge in [-0.1, -0.05) is 12.1 Å². The second-order valence-electron chi connectivity index (χ2n) is 6.29. The van der Waals surface area contributed by atoms with Crippen LogP contribution < -0.4 is 5.56 Å². The van der Waals surface area contributed by atoms with Crippen molar-refractivity contribution >= 4 is 44.0 Å². The molecule has 8 nitrogen and oxygen atoms in total. The van der Waals surface area contributed by atoms with E-state index in [0.29, 0.717) is 22.4 Å². The van der Waals surface area contributed by atoms with Crippen LogP contribution in [0.4, 0.5) is 0 Å². The normalized spacial score (nSPS) is 12.4. The summed E-state index contributed by atoms with van der Waals surface area (Å²) in [7, 11) is 0. The maximum Gasteiger partial charge on any atom is 0.308 e. The number of esters is 1. The van der Waals surface area contributed by atoms with E-state index in [9.17, 15) is 9.59 Å². The summed E-state index contributed by atoms with van der Waals surface area (Å²) in [5, 5.41) is 0.521. The van der Waals surface area contributed by atoms with Crippen molar-refractivity contribution in [2.75, 3.05) is 0 Å². The Morgan fingerprint density at radius 1 is 1.32 bits per heavy atom. The monoisotopic (exact) mass is 441 g/mol. The number of benzene rings is 1. The summed E-state index contributed by atoms with van der Waals surface area (Å²) in [4.78, 5) is 40.6. The number of para-hydroxylation sites is 1. The van der Waals surface area contributed by atoms with E-state index < -0.39 is 12.1 Å². The van der Waals surface area contributed by atoms with Crippen molar-refractivity contribution in [2.24, 2.45) is 0 Å². The van der Waals surface area contributed by atoms with Gasteiger partial charge in [0, 0.05) is 17.2 Å². The van der Waals surface area contributed by atoms with Crippen LogP contribution in [0.5, 0.6) is 0 Å². The zero-order chi connectivity index (χ0) is 19.7. The highest BCUT2D eigenvalue weighted by molar-refractivity contribution is 9.10. The summed E-state index contributed by atoms with van der Waals surface area (Å²) in [6.07, 6.45) is 2.59. The van der Waals surface area contributed by atoms with E-state index in [1.54, 1.807) is 31.3 Å². The molecule has 0 spiro atoms. The van der Waals surface area contributed by atoms with Crippen LogP contribution in [0.2, 0.25) is 0 Å². The van der Waals surface area contributed by atoms with Gasteiger partial charge in [-0.25, -0.2) is 15.0 Å². The molecule has 4 aromatic rings. The number of hydrogen-bond donors (Lipinski definition) is 1. The van der Waals surface area contributed by atoms with Crippen molar-refractivity contribution in [3.8, 4) is 0 Å². The van der Waals surface area contributed by atoms with E-state index in [1.165, 1.54) is 10.9 Å². The lowest BCUT2D eigenvalue weighted by molar-refractivity contribution is -0.149. The first kappa shape index (κ1) is 18.3. The Morgan fingerprint density at radius 3 is 3.00 bits per heavy atom. The van der Waals surface area contributed by atoms with Gasteiger partial charge in [0.1, 0.15) is 5.82 Å². The molecule has 3 aromatic heterocycles. The minimum atomic E-state index is -0.563. The molecular weight excluding hydrogens is 426 g/mol. The Morgan fingerprint density at radius 2 is 2.14 bits per heavy atom. The van der Waals surface area contributed by atoms with Gasteiger partial charge in [0.05, 0.1) is 29.2 Å². The standard InChI is InChI=1S/C19H16BrN5O3/c1-11(17-23-15-8-12(20)9-21-18(15)24-17)28-16(26)6-7-25-10-22-14-5-3-2-4-13(14)19(25)27/h2-5,8-11H,6-7H2,1H3,(H,21,23,24). The maximum atomic E-state index is 12.5.